The van der Waals surface area contributed by atoms with Gasteiger partial charge in [-0.1, -0.05) is 6.92 Å². The van der Waals surface area contributed by atoms with Crippen molar-refractivity contribution < 1.29 is 38.5 Å². The molecule has 20 heavy (non-hydrogen) atoms. The Bertz CT molecular complexity index is 658. The minimum absolute atomic E-state index is 0. The molecule has 2 rings (SSSR count). The van der Waals surface area contributed by atoms with Gasteiger partial charge in [-0.3, -0.25) is 9.59 Å². The summed E-state index contributed by atoms with van der Waals surface area (Å²) in [4.78, 5) is 21.2. The Morgan fingerprint density at radius 2 is 1.50 bits per heavy atom. The molecule has 7 heteroatoms. The first-order chi connectivity index (χ1) is 8.97. The Morgan fingerprint density at radius 1 is 1.00 bits per heavy atom. The molecule has 2 N–H and O–H groups in total. The van der Waals surface area contributed by atoms with Crippen molar-refractivity contribution in [2.75, 3.05) is 0 Å². The molecule has 6 nitrogen and oxygen atoms in total. The van der Waals surface area contributed by atoms with Crippen LogP contribution in [0.1, 0.15) is 18.4 Å². The molecule has 0 aliphatic heterocycles. The van der Waals surface area contributed by atoms with E-state index < -0.39 is 5.43 Å². The average Bonchev–Trinajstić information content (AvgIpc) is 2.40. The van der Waals surface area contributed by atoms with E-state index in [1.165, 1.54) is 31.6 Å². The molecule has 0 radical (unpaired) electrons. The molecule has 0 aliphatic carbocycles. The molecule has 0 spiro atoms. The van der Waals surface area contributed by atoms with Crippen LogP contribution in [0.15, 0.2) is 43.1 Å². The summed E-state index contributed by atoms with van der Waals surface area (Å²) in [6, 6.07) is 2.36. The second kappa shape index (κ2) is 8.33. The van der Waals surface area contributed by atoms with Gasteiger partial charge in [0.25, 0.3) is 0 Å². The molecule has 0 saturated carbocycles. The van der Waals surface area contributed by atoms with E-state index in [9.17, 15) is 9.59 Å². The standard InChI is InChI=1S/C7H8O3.C6H6O3.Zn/c1-2-6-7(9)5(8)3-4-10-6;1-4-6(8)5(7)2-3-9-4;/h3-4,9H,2H2,1H3;2-3,8H,1H3;/q;;+2. The molecular weight excluding hydrogens is 318 g/mol. The van der Waals surface area contributed by atoms with Gasteiger partial charge in [0.05, 0.1) is 12.5 Å². The largest absolute Gasteiger partial charge is 2.00 e. The summed E-state index contributed by atoms with van der Waals surface area (Å²) >= 11 is 0. The third-order valence-corrected chi connectivity index (χ3v) is 2.28. The molecular formula is C13H14O6Zn+2. The summed E-state index contributed by atoms with van der Waals surface area (Å²) < 4.78 is 9.53. The van der Waals surface area contributed by atoms with E-state index in [0.29, 0.717) is 12.2 Å². The van der Waals surface area contributed by atoms with E-state index in [4.69, 9.17) is 14.6 Å². The first kappa shape index (κ1) is 18.1. The fourth-order valence-electron chi connectivity index (χ4n) is 1.21. The van der Waals surface area contributed by atoms with Gasteiger partial charge in [-0.15, -0.1) is 0 Å². The minimum Gasteiger partial charge on any atom is -0.502 e. The van der Waals surface area contributed by atoms with Gasteiger partial charge in [-0.05, 0) is 6.92 Å². The molecule has 0 unspecified atom stereocenters. The van der Waals surface area contributed by atoms with Crippen LogP contribution in [0.5, 0.6) is 11.5 Å². The fraction of sp³-hybridized carbons (Fsp3) is 0.231. The summed E-state index contributed by atoms with van der Waals surface area (Å²) in [5.41, 5.74) is -0.790. The number of rotatable bonds is 1. The predicted molar refractivity (Wildman–Crippen MR) is 67.4 cm³/mol. The summed E-state index contributed by atoms with van der Waals surface area (Å²) in [7, 11) is 0. The number of hydrogen-bond acceptors (Lipinski definition) is 6. The summed E-state index contributed by atoms with van der Waals surface area (Å²) in [6.45, 7) is 3.33. The SMILES string of the molecule is CCc1occc(=O)c1O.Cc1occc(=O)c1O.[Zn+2]. The van der Waals surface area contributed by atoms with Crippen LogP contribution in [-0.2, 0) is 25.9 Å². The Balaban J connectivity index is 0.000000345. The maximum atomic E-state index is 10.7. The monoisotopic (exact) mass is 330 g/mol. The van der Waals surface area contributed by atoms with Crippen molar-refractivity contribution in [3.63, 3.8) is 0 Å². The maximum Gasteiger partial charge on any atom is 2.00 e. The summed E-state index contributed by atoms with van der Waals surface area (Å²) in [5, 5.41) is 17.8. The molecule has 2 heterocycles. The molecule has 0 aromatic carbocycles. The van der Waals surface area contributed by atoms with Gasteiger partial charge in [0.1, 0.15) is 11.5 Å². The van der Waals surface area contributed by atoms with Crippen molar-refractivity contribution in [3.05, 3.63) is 56.6 Å². The zero-order valence-electron chi connectivity index (χ0n) is 11.3. The van der Waals surface area contributed by atoms with Crippen molar-refractivity contribution in [2.24, 2.45) is 0 Å². The van der Waals surface area contributed by atoms with Crippen molar-refractivity contribution in [1.29, 1.82) is 0 Å². The third-order valence-electron chi connectivity index (χ3n) is 2.28. The van der Waals surface area contributed by atoms with Crippen LogP contribution >= 0.6 is 0 Å². The van der Waals surface area contributed by atoms with Gasteiger partial charge in [0.2, 0.25) is 22.4 Å². The second-order valence-corrected chi connectivity index (χ2v) is 3.60. The van der Waals surface area contributed by atoms with Crippen LogP contribution in [-0.4, -0.2) is 10.2 Å². The average molecular weight is 332 g/mol. The Kier molecular flexibility index (Phi) is 7.54. The van der Waals surface area contributed by atoms with Crippen LogP contribution < -0.4 is 10.9 Å². The van der Waals surface area contributed by atoms with E-state index >= 15 is 0 Å². The van der Waals surface area contributed by atoms with E-state index in [2.05, 4.69) is 4.42 Å². The van der Waals surface area contributed by atoms with E-state index in [1.54, 1.807) is 6.92 Å². The number of hydrogen-bond donors (Lipinski definition) is 2. The molecule has 0 aliphatic rings. The quantitative estimate of drug-likeness (QED) is 0.769. The smallest absolute Gasteiger partial charge is 0.502 e. The van der Waals surface area contributed by atoms with Gasteiger partial charge in [0, 0.05) is 18.6 Å². The zero-order valence-corrected chi connectivity index (χ0v) is 14.2. The first-order valence-electron chi connectivity index (χ1n) is 5.54. The second-order valence-electron chi connectivity index (χ2n) is 3.60. The maximum absolute atomic E-state index is 10.7. The van der Waals surface area contributed by atoms with Crippen molar-refractivity contribution in [2.45, 2.75) is 20.3 Å². The van der Waals surface area contributed by atoms with E-state index in [0.717, 1.165) is 0 Å². The van der Waals surface area contributed by atoms with Gasteiger partial charge in [0.15, 0.2) is 0 Å². The van der Waals surface area contributed by atoms with E-state index in [-0.39, 0.29) is 42.2 Å². The molecule has 0 atom stereocenters. The Labute approximate surface area is 127 Å². The van der Waals surface area contributed by atoms with Crippen LogP contribution in [0.25, 0.3) is 0 Å². The molecule has 2 aromatic rings. The number of aromatic hydroxyl groups is 2. The van der Waals surface area contributed by atoms with Gasteiger partial charge < -0.3 is 19.0 Å². The van der Waals surface area contributed by atoms with Crippen LogP contribution in [0.4, 0.5) is 0 Å². The summed E-state index contributed by atoms with van der Waals surface area (Å²) in [6.07, 6.45) is 3.06. The van der Waals surface area contributed by atoms with Crippen LogP contribution in [0.3, 0.4) is 0 Å². The predicted octanol–water partition coefficient (Wildman–Crippen LogP) is 1.56. The summed E-state index contributed by atoms with van der Waals surface area (Å²) in [5.74, 6) is 0.0116. The Morgan fingerprint density at radius 3 is 1.90 bits per heavy atom. The minimum atomic E-state index is -0.404. The third kappa shape index (κ3) is 4.66. The van der Waals surface area contributed by atoms with Gasteiger partial charge in [-0.2, -0.15) is 0 Å². The molecule has 0 bridgehead atoms. The zero-order chi connectivity index (χ0) is 14.4. The van der Waals surface area contributed by atoms with E-state index in [1.807, 2.05) is 0 Å². The normalized spacial score (nSPS) is 9.10. The molecule has 102 valence electrons. The van der Waals surface area contributed by atoms with Gasteiger partial charge >= 0.3 is 19.5 Å². The van der Waals surface area contributed by atoms with Crippen molar-refractivity contribution in [1.82, 2.24) is 0 Å². The topological polar surface area (TPSA) is 101 Å². The molecule has 0 saturated heterocycles. The van der Waals surface area contributed by atoms with Crippen molar-refractivity contribution >= 4 is 0 Å². The van der Waals surface area contributed by atoms with Gasteiger partial charge in [-0.25, -0.2) is 0 Å². The van der Waals surface area contributed by atoms with Crippen LogP contribution in [0, 0.1) is 6.92 Å². The number of aryl methyl sites for hydroxylation is 2. The Hall–Kier alpha value is -1.88. The van der Waals surface area contributed by atoms with Crippen LogP contribution in [0.2, 0.25) is 0 Å². The molecule has 2 aromatic heterocycles. The van der Waals surface area contributed by atoms with Crippen molar-refractivity contribution in [3.8, 4) is 11.5 Å². The molecule has 0 fully saturated rings. The fourth-order valence-corrected chi connectivity index (χ4v) is 1.21. The molecule has 0 amide bonds. The first-order valence-corrected chi connectivity index (χ1v) is 5.54.